The van der Waals surface area contributed by atoms with Crippen LogP contribution in [0.1, 0.15) is 33.4 Å². The number of rotatable bonds is 3. The average Bonchev–Trinajstić information content (AvgIpc) is 2.19. The Morgan fingerprint density at radius 2 is 1.94 bits per heavy atom. The van der Waals surface area contributed by atoms with Crippen LogP contribution >= 0.6 is 0 Å². The van der Waals surface area contributed by atoms with Gasteiger partial charge in [0.15, 0.2) is 0 Å². The number of carbonyl (C=O) groups is 1. The lowest BCUT2D eigenvalue weighted by Crippen LogP contribution is -2.47. The predicted octanol–water partition coefficient (Wildman–Crippen LogP) is 1.50. The highest BCUT2D eigenvalue weighted by Gasteiger charge is 2.19. The quantitative estimate of drug-likeness (QED) is 0.834. The number of anilines is 1. The van der Waals surface area contributed by atoms with Crippen molar-refractivity contribution in [2.75, 3.05) is 5.32 Å². The third-order valence-corrected chi connectivity index (χ3v) is 2.05. The van der Waals surface area contributed by atoms with Crippen molar-refractivity contribution in [3.8, 4) is 0 Å². The maximum atomic E-state index is 11.8. The van der Waals surface area contributed by atoms with Gasteiger partial charge in [-0.2, -0.15) is 5.10 Å². The second-order valence-corrected chi connectivity index (χ2v) is 5.17. The molecule has 2 N–H and O–H groups in total. The standard InChI is InChI=1S/C12H20N4O/c1-8-6-7-10(16-15-8)13-9(2)11(17)14-12(3,4)5/h6-7,9H,1-5H3,(H,13,16)(H,14,17). The molecule has 94 valence electrons. The van der Waals surface area contributed by atoms with Gasteiger partial charge in [0.05, 0.1) is 5.69 Å². The number of carbonyl (C=O) groups excluding carboxylic acids is 1. The highest BCUT2D eigenvalue weighted by Crippen LogP contribution is 2.05. The minimum atomic E-state index is -0.341. The van der Waals surface area contributed by atoms with E-state index in [2.05, 4.69) is 20.8 Å². The second kappa shape index (κ2) is 5.12. The molecular formula is C12H20N4O. The van der Waals surface area contributed by atoms with Gasteiger partial charge < -0.3 is 10.6 Å². The van der Waals surface area contributed by atoms with Crippen LogP contribution in [0, 0.1) is 6.92 Å². The summed E-state index contributed by atoms with van der Waals surface area (Å²) >= 11 is 0. The van der Waals surface area contributed by atoms with Crippen LogP contribution in [-0.2, 0) is 4.79 Å². The van der Waals surface area contributed by atoms with Crippen LogP contribution in [0.4, 0.5) is 5.82 Å². The molecule has 1 amide bonds. The van der Waals surface area contributed by atoms with E-state index in [9.17, 15) is 4.79 Å². The molecule has 1 aromatic rings. The Kier molecular flexibility index (Phi) is 4.04. The van der Waals surface area contributed by atoms with Crippen LogP contribution in [0.3, 0.4) is 0 Å². The number of aromatic nitrogens is 2. The smallest absolute Gasteiger partial charge is 0.242 e. The Morgan fingerprint density at radius 1 is 1.29 bits per heavy atom. The van der Waals surface area contributed by atoms with Crippen LogP contribution in [0.2, 0.25) is 0 Å². The zero-order valence-electron chi connectivity index (χ0n) is 11.0. The summed E-state index contributed by atoms with van der Waals surface area (Å²) in [6, 6.07) is 3.32. The Bertz CT molecular complexity index is 380. The van der Waals surface area contributed by atoms with Crippen LogP contribution < -0.4 is 10.6 Å². The second-order valence-electron chi connectivity index (χ2n) is 5.17. The summed E-state index contributed by atoms with van der Waals surface area (Å²) in [5.41, 5.74) is 0.619. The van der Waals surface area contributed by atoms with Crippen LogP contribution in [0.15, 0.2) is 12.1 Å². The van der Waals surface area contributed by atoms with Crippen molar-refractivity contribution in [1.29, 1.82) is 0 Å². The lowest BCUT2D eigenvalue weighted by atomic mass is 10.1. The monoisotopic (exact) mass is 236 g/mol. The Balaban J connectivity index is 2.57. The molecule has 0 aliphatic rings. The van der Waals surface area contributed by atoms with Gasteiger partial charge in [0.2, 0.25) is 5.91 Å². The molecule has 0 saturated heterocycles. The van der Waals surface area contributed by atoms with Crippen molar-refractivity contribution in [3.63, 3.8) is 0 Å². The fourth-order valence-electron chi connectivity index (χ4n) is 1.24. The van der Waals surface area contributed by atoms with Crippen molar-refractivity contribution >= 4 is 11.7 Å². The van der Waals surface area contributed by atoms with Gasteiger partial charge in [0.1, 0.15) is 11.9 Å². The Labute approximate surface area is 102 Å². The molecule has 0 aliphatic carbocycles. The predicted molar refractivity (Wildman–Crippen MR) is 67.7 cm³/mol. The van der Waals surface area contributed by atoms with E-state index in [0.29, 0.717) is 5.82 Å². The number of hydrogen-bond acceptors (Lipinski definition) is 4. The highest BCUT2D eigenvalue weighted by atomic mass is 16.2. The maximum Gasteiger partial charge on any atom is 0.242 e. The lowest BCUT2D eigenvalue weighted by molar-refractivity contribution is -0.122. The summed E-state index contributed by atoms with van der Waals surface area (Å²) in [7, 11) is 0. The molecule has 1 atom stereocenters. The summed E-state index contributed by atoms with van der Waals surface area (Å²) in [5.74, 6) is 0.548. The van der Waals surface area contributed by atoms with Crippen molar-refractivity contribution in [2.45, 2.75) is 46.2 Å². The molecule has 17 heavy (non-hydrogen) atoms. The van der Waals surface area contributed by atoms with Gasteiger partial charge in [0, 0.05) is 5.54 Å². The van der Waals surface area contributed by atoms with Crippen LogP contribution in [0.25, 0.3) is 0 Å². The zero-order chi connectivity index (χ0) is 13.1. The van der Waals surface area contributed by atoms with Gasteiger partial charge in [0.25, 0.3) is 0 Å². The van der Waals surface area contributed by atoms with E-state index < -0.39 is 0 Å². The van der Waals surface area contributed by atoms with Crippen molar-refractivity contribution in [1.82, 2.24) is 15.5 Å². The molecule has 1 unspecified atom stereocenters. The molecule has 5 heteroatoms. The van der Waals surface area contributed by atoms with E-state index in [0.717, 1.165) is 5.69 Å². The van der Waals surface area contributed by atoms with E-state index >= 15 is 0 Å². The zero-order valence-corrected chi connectivity index (χ0v) is 11.0. The molecule has 0 saturated carbocycles. The van der Waals surface area contributed by atoms with Gasteiger partial charge in [-0.05, 0) is 46.8 Å². The summed E-state index contributed by atoms with van der Waals surface area (Å²) in [6.45, 7) is 9.50. The Hall–Kier alpha value is -1.65. The van der Waals surface area contributed by atoms with Crippen molar-refractivity contribution in [3.05, 3.63) is 17.8 Å². The third-order valence-electron chi connectivity index (χ3n) is 2.05. The minimum absolute atomic E-state index is 0.0557. The topological polar surface area (TPSA) is 66.9 Å². The molecule has 0 spiro atoms. The molecule has 1 heterocycles. The number of nitrogens with zero attached hydrogens (tertiary/aromatic N) is 2. The maximum absolute atomic E-state index is 11.8. The van der Waals surface area contributed by atoms with E-state index in [1.54, 1.807) is 6.92 Å². The molecule has 0 radical (unpaired) electrons. The largest absolute Gasteiger partial charge is 0.357 e. The molecule has 0 bridgehead atoms. The summed E-state index contributed by atoms with van der Waals surface area (Å²) in [6.07, 6.45) is 0. The van der Waals surface area contributed by atoms with Gasteiger partial charge in [-0.1, -0.05) is 0 Å². The minimum Gasteiger partial charge on any atom is -0.357 e. The highest BCUT2D eigenvalue weighted by molar-refractivity contribution is 5.84. The normalized spacial score (nSPS) is 13.0. The van der Waals surface area contributed by atoms with E-state index in [4.69, 9.17) is 0 Å². The van der Waals surface area contributed by atoms with Gasteiger partial charge in [-0.25, -0.2) is 0 Å². The molecule has 5 nitrogen and oxygen atoms in total. The number of hydrogen-bond donors (Lipinski definition) is 2. The first kappa shape index (κ1) is 13.4. The van der Waals surface area contributed by atoms with Crippen molar-refractivity contribution in [2.24, 2.45) is 0 Å². The van der Waals surface area contributed by atoms with Gasteiger partial charge >= 0.3 is 0 Å². The van der Waals surface area contributed by atoms with E-state index in [1.807, 2.05) is 39.8 Å². The number of amides is 1. The molecule has 0 aromatic carbocycles. The van der Waals surface area contributed by atoms with Gasteiger partial charge in [-0.3, -0.25) is 4.79 Å². The van der Waals surface area contributed by atoms with E-state index in [1.165, 1.54) is 0 Å². The molecule has 1 rings (SSSR count). The SMILES string of the molecule is Cc1ccc(NC(C)C(=O)NC(C)(C)C)nn1. The van der Waals surface area contributed by atoms with Crippen molar-refractivity contribution < 1.29 is 4.79 Å². The van der Waals surface area contributed by atoms with Crippen LogP contribution in [-0.4, -0.2) is 27.7 Å². The van der Waals surface area contributed by atoms with E-state index in [-0.39, 0.29) is 17.5 Å². The number of nitrogens with one attached hydrogen (secondary N) is 2. The lowest BCUT2D eigenvalue weighted by Gasteiger charge is -2.23. The van der Waals surface area contributed by atoms with Crippen LogP contribution in [0.5, 0.6) is 0 Å². The van der Waals surface area contributed by atoms with Gasteiger partial charge in [-0.15, -0.1) is 5.10 Å². The fraction of sp³-hybridized carbons (Fsp3) is 0.583. The average molecular weight is 236 g/mol. The first-order valence-corrected chi connectivity index (χ1v) is 5.67. The summed E-state index contributed by atoms with van der Waals surface area (Å²) in [5, 5.41) is 13.8. The number of aryl methyl sites for hydroxylation is 1. The molecular weight excluding hydrogens is 216 g/mol. The summed E-state index contributed by atoms with van der Waals surface area (Å²) in [4.78, 5) is 11.8. The molecule has 0 fully saturated rings. The third kappa shape index (κ3) is 4.80. The first-order valence-electron chi connectivity index (χ1n) is 5.67. The fourth-order valence-corrected chi connectivity index (χ4v) is 1.24. The molecule has 0 aliphatic heterocycles. The summed E-state index contributed by atoms with van der Waals surface area (Å²) < 4.78 is 0. The first-order chi connectivity index (χ1) is 7.78. The Morgan fingerprint density at radius 3 is 2.41 bits per heavy atom. The molecule has 1 aromatic heterocycles.